The van der Waals surface area contributed by atoms with Gasteiger partial charge in [-0.15, -0.1) is 11.3 Å². The van der Waals surface area contributed by atoms with Gasteiger partial charge in [0.2, 0.25) is 5.95 Å². The number of aryl methyl sites for hydroxylation is 3. The standard InChI is InChI=1S/C25H21FN6O2S2/c1-14-12-15(2)30-25(29-14)32-36(33,34)20-10-8-19(9-11-20)31-23-22-21(17-4-6-18(26)7-5-17)16(3)35-24(22)28-13-27-23/h4-13H,1-3H3,(H,27,28,31)(H,29,30,32). The molecule has 5 rings (SSSR count). The third-order valence-electron chi connectivity index (χ3n) is 5.43. The summed E-state index contributed by atoms with van der Waals surface area (Å²) in [5, 5.41) is 4.08. The molecule has 8 nitrogen and oxygen atoms in total. The summed E-state index contributed by atoms with van der Waals surface area (Å²) in [7, 11) is -3.87. The molecule has 2 N–H and O–H groups in total. The fourth-order valence-electron chi connectivity index (χ4n) is 3.91. The Labute approximate surface area is 211 Å². The molecule has 0 aliphatic carbocycles. The van der Waals surface area contributed by atoms with E-state index in [1.54, 1.807) is 44.2 Å². The van der Waals surface area contributed by atoms with E-state index in [0.29, 0.717) is 22.9 Å². The molecule has 0 saturated carbocycles. The summed E-state index contributed by atoms with van der Waals surface area (Å²) in [6, 6.07) is 14.4. The number of halogens is 1. The Hall–Kier alpha value is -3.96. The normalized spacial score (nSPS) is 11.6. The van der Waals surface area contributed by atoms with E-state index >= 15 is 0 Å². The minimum Gasteiger partial charge on any atom is -0.340 e. The molecule has 0 spiro atoms. The molecule has 3 aromatic heterocycles. The first-order valence-electron chi connectivity index (χ1n) is 10.9. The summed E-state index contributed by atoms with van der Waals surface area (Å²) in [5.41, 5.74) is 3.76. The second kappa shape index (κ2) is 9.25. The van der Waals surface area contributed by atoms with Gasteiger partial charge in [0.25, 0.3) is 10.0 Å². The molecule has 182 valence electrons. The highest BCUT2D eigenvalue weighted by Gasteiger charge is 2.19. The first-order chi connectivity index (χ1) is 17.2. The van der Waals surface area contributed by atoms with Crippen LogP contribution in [-0.4, -0.2) is 28.4 Å². The first-order valence-corrected chi connectivity index (χ1v) is 13.2. The molecule has 0 saturated heterocycles. The minimum absolute atomic E-state index is 0.0271. The third-order valence-corrected chi connectivity index (χ3v) is 7.79. The van der Waals surface area contributed by atoms with Crippen molar-refractivity contribution in [1.29, 1.82) is 0 Å². The third kappa shape index (κ3) is 4.75. The summed E-state index contributed by atoms with van der Waals surface area (Å²) in [4.78, 5) is 19.0. The predicted octanol–water partition coefficient (Wildman–Crippen LogP) is 5.76. The van der Waals surface area contributed by atoms with Gasteiger partial charge in [0.05, 0.1) is 10.3 Å². The van der Waals surface area contributed by atoms with Gasteiger partial charge < -0.3 is 5.32 Å². The number of rotatable bonds is 6. The van der Waals surface area contributed by atoms with Crippen molar-refractivity contribution in [2.24, 2.45) is 0 Å². The summed E-state index contributed by atoms with van der Waals surface area (Å²) in [6.07, 6.45) is 1.47. The molecule has 3 heterocycles. The van der Waals surface area contributed by atoms with Crippen LogP contribution in [0.5, 0.6) is 0 Å². The quantitative estimate of drug-likeness (QED) is 0.293. The minimum atomic E-state index is -3.87. The highest BCUT2D eigenvalue weighted by atomic mass is 32.2. The van der Waals surface area contributed by atoms with E-state index in [9.17, 15) is 12.8 Å². The van der Waals surface area contributed by atoms with Crippen LogP contribution in [0.4, 0.5) is 21.8 Å². The molecule has 0 aliphatic heterocycles. The molecule has 0 amide bonds. The number of anilines is 3. The van der Waals surface area contributed by atoms with Crippen LogP contribution < -0.4 is 10.0 Å². The number of aromatic nitrogens is 4. The van der Waals surface area contributed by atoms with Crippen molar-refractivity contribution in [3.8, 4) is 11.1 Å². The molecule has 0 unspecified atom stereocenters. The van der Waals surface area contributed by atoms with Gasteiger partial charge in [0.15, 0.2) is 0 Å². The Balaban J connectivity index is 1.45. The fraction of sp³-hybridized carbons (Fsp3) is 0.120. The van der Waals surface area contributed by atoms with E-state index in [1.807, 2.05) is 6.92 Å². The van der Waals surface area contributed by atoms with Crippen molar-refractivity contribution in [2.45, 2.75) is 25.7 Å². The fourth-order valence-corrected chi connectivity index (χ4v) is 5.86. The highest BCUT2D eigenvalue weighted by molar-refractivity contribution is 7.92. The molecule has 2 aromatic carbocycles. The molecule has 0 bridgehead atoms. The lowest BCUT2D eigenvalue weighted by Crippen LogP contribution is -2.15. The molecular formula is C25H21FN6O2S2. The maximum atomic E-state index is 13.5. The van der Waals surface area contributed by atoms with Gasteiger partial charge in [-0.05, 0) is 68.8 Å². The molecule has 11 heteroatoms. The number of hydrogen-bond donors (Lipinski definition) is 2. The van der Waals surface area contributed by atoms with Gasteiger partial charge in [-0.25, -0.2) is 37.5 Å². The van der Waals surface area contributed by atoms with Crippen molar-refractivity contribution in [1.82, 2.24) is 19.9 Å². The Bertz CT molecular complexity index is 1660. The number of nitrogens with zero attached hydrogens (tertiary/aromatic N) is 4. The van der Waals surface area contributed by atoms with Crippen LogP contribution in [0.1, 0.15) is 16.3 Å². The van der Waals surface area contributed by atoms with Crippen molar-refractivity contribution in [2.75, 3.05) is 10.0 Å². The SMILES string of the molecule is Cc1cc(C)nc(NS(=O)(=O)c2ccc(Nc3ncnc4sc(C)c(-c5ccc(F)cc5)c34)cc2)n1. The van der Waals surface area contributed by atoms with Crippen LogP contribution >= 0.6 is 11.3 Å². The van der Waals surface area contributed by atoms with Crippen LogP contribution in [0.15, 0.2) is 65.8 Å². The van der Waals surface area contributed by atoms with Crippen molar-refractivity contribution >= 4 is 49.0 Å². The molecule has 0 aliphatic rings. The Morgan fingerprint density at radius 2 is 1.56 bits per heavy atom. The molecule has 0 fully saturated rings. The number of thiophene rings is 1. The van der Waals surface area contributed by atoms with Crippen molar-refractivity contribution in [3.63, 3.8) is 0 Å². The van der Waals surface area contributed by atoms with Crippen LogP contribution in [0.3, 0.4) is 0 Å². The Morgan fingerprint density at radius 3 is 2.22 bits per heavy atom. The monoisotopic (exact) mass is 520 g/mol. The van der Waals surface area contributed by atoms with Crippen LogP contribution in [0.25, 0.3) is 21.3 Å². The lowest BCUT2D eigenvalue weighted by molar-refractivity contribution is 0.600. The topological polar surface area (TPSA) is 110 Å². The molecule has 5 aromatic rings. The van der Waals surface area contributed by atoms with E-state index in [0.717, 1.165) is 26.2 Å². The lowest BCUT2D eigenvalue weighted by atomic mass is 10.0. The molecular weight excluding hydrogens is 499 g/mol. The van der Waals surface area contributed by atoms with Crippen LogP contribution in [-0.2, 0) is 10.0 Å². The smallest absolute Gasteiger partial charge is 0.264 e. The molecule has 0 atom stereocenters. The van der Waals surface area contributed by atoms with E-state index in [-0.39, 0.29) is 16.7 Å². The summed E-state index contributed by atoms with van der Waals surface area (Å²) in [5.74, 6) is 0.291. The van der Waals surface area contributed by atoms with Gasteiger partial charge in [0.1, 0.15) is 22.8 Å². The number of hydrogen-bond acceptors (Lipinski definition) is 8. The van der Waals surface area contributed by atoms with Crippen molar-refractivity contribution < 1.29 is 12.8 Å². The molecule has 36 heavy (non-hydrogen) atoms. The van der Waals surface area contributed by atoms with E-state index in [4.69, 9.17) is 0 Å². The maximum absolute atomic E-state index is 13.5. The van der Waals surface area contributed by atoms with Crippen LogP contribution in [0.2, 0.25) is 0 Å². The number of fused-ring (bicyclic) bond motifs is 1. The highest BCUT2D eigenvalue weighted by Crippen LogP contribution is 2.41. The lowest BCUT2D eigenvalue weighted by Gasteiger charge is -2.11. The predicted molar refractivity (Wildman–Crippen MR) is 140 cm³/mol. The second-order valence-electron chi connectivity index (χ2n) is 8.17. The van der Waals surface area contributed by atoms with Gasteiger partial charge >= 0.3 is 0 Å². The Morgan fingerprint density at radius 1 is 0.889 bits per heavy atom. The number of sulfonamides is 1. The van der Waals surface area contributed by atoms with Gasteiger partial charge in [-0.2, -0.15) is 0 Å². The summed E-state index contributed by atoms with van der Waals surface area (Å²) < 4.78 is 41.6. The van der Waals surface area contributed by atoms with Gasteiger partial charge in [0, 0.05) is 27.5 Å². The van der Waals surface area contributed by atoms with E-state index in [1.165, 1.54) is 41.9 Å². The van der Waals surface area contributed by atoms with E-state index < -0.39 is 10.0 Å². The zero-order valence-electron chi connectivity index (χ0n) is 19.6. The average Bonchev–Trinajstić information content (AvgIpc) is 3.16. The van der Waals surface area contributed by atoms with Crippen molar-refractivity contribution in [3.05, 3.63) is 83.0 Å². The largest absolute Gasteiger partial charge is 0.340 e. The van der Waals surface area contributed by atoms with Gasteiger partial charge in [-0.1, -0.05) is 12.1 Å². The Kier molecular flexibility index (Phi) is 6.10. The van der Waals surface area contributed by atoms with Crippen LogP contribution in [0, 0.1) is 26.6 Å². The molecule has 0 radical (unpaired) electrons. The van der Waals surface area contributed by atoms with E-state index in [2.05, 4.69) is 30.0 Å². The average molecular weight is 521 g/mol. The van der Waals surface area contributed by atoms with Gasteiger partial charge in [-0.3, -0.25) is 0 Å². The zero-order chi connectivity index (χ0) is 25.4. The summed E-state index contributed by atoms with van der Waals surface area (Å²) in [6.45, 7) is 5.53. The first kappa shape index (κ1) is 23.8. The zero-order valence-corrected chi connectivity index (χ0v) is 21.2. The maximum Gasteiger partial charge on any atom is 0.264 e. The second-order valence-corrected chi connectivity index (χ2v) is 11.1. The summed E-state index contributed by atoms with van der Waals surface area (Å²) >= 11 is 1.53. The number of nitrogens with one attached hydrogen (secondary N) is 2. The number of benzene rings is 2.